The summed E-state index contributed by atoms with van der Waals surface area (Å²) in [6, 6.07) is 0. The van der Waals surface area contributed by atoms with E-state index in [9.17, 15) is 9.59 Å². The highest BCUT2D eigenvalue weighted by atomic mass is 32.1. The fraction of sp³-hybridized carbons (Fsp3) is 0.647. The summed E-state index contributed by atoms with van der Waals surface area (Å²) >= 11 is 1.43. The number of ether oxygens (including phenoxy) is 2. The number of morpholine rings is 1. The van der Waals surface area contributed by atoms with E-state index in [0.717, 1.165) is 30.0 Å². The van der Waals surface area contributed by atoms with E-state index in [1.807, 2.05) is 20.8 Å². The predicted octanol–water partition coefficient (Wildman–Crippen LogP) is 2.45. The molecule has 6 nitrogen and oxygen atoms in total. The summed E-state index contributed by atoms with van der Waals surface area (Å²) in [6.45, 7) is 10.5. The molecular weight excluding hydrogens is 328 g/mol. The van der Waals surface area contributed by atoms with Crippen molar-refractivity contribution in [1.82, 2.24) is 4.90 Å². The first kappa shape index (κ1) is 18.9. The third-order valence-electron chi connectivity index (χ3n) is 3.99. The molecule has 0 aromatic carbocycles. The molecule has 0 saturated carbocycles. The standard InChI is InChI=1S/C17H26N2O4S/c1-5-13-12(4)24-16(15(13)17(21)22-6-2)18-14(20)10-19-7-8-23-11(3)9-19/h11H,5-10H2,1-4H3,(H,18,20)/t11-/m0/s1. The maximum atomic E-state index is 12.4. The lowest BCUT2D eigenvalue weighted by Crippen LogP contribution is -2.44. The smallest absolute Gasteiger partial charge is 0.341 e. The van der Waals surface area contributed by atoms with Crippen LogP contribution in [0.25, 0.3) is 0 Å². The van der Waals surface area contributed by atoms with Gasteiger partial charge in [0.1, 0.15) is 5.00 Å². The van der Waals surface area contributed by atoms with Gasteiger partial charge in [0.25, 0.3) is 0 Å². The highest BCUT2D eigenvalue weighted by Crippen LogP contribution is 2.34. The van der Waals surface area contributed by atoms with Crippen molar-refractivity contribution in [1.29, 1.82) is 0 Å². The second-order valence-corrected chi connectivity index (χ2v) is 7.10. The van der Waals surface area contributed by atoms with E-state index in [2.05, 4.69) is 10.2 Å². The minimum atomic E-state index is -0.367. The quantitative estimate of drug-likeness (QED) is 0.795. The van der Waals surface area contributed by atoms with Crippen LogP contribution in [-0.4, -0.2) is 55.7 Å². The van der Waals surface area contributed by atoms with Crippen LogP contribution in [-0.2, 0) is 20.7 Å². The third kappa shape index (κ3) is 4.55. The number of nitrogens with zero attached hydrogens (tertiary/aromatic N) is 1. The van der Waals surface area contributed by atoms with Crippen molar-refractivity contribution < 1.29 is 19.1 Å². The van der Waals surface area contributed by atoms with Gasteiger partial charge < -0.3 is 14.8 Å². The molecule has 1 N–H and O–H groups in total. The van der Waals surface area contributed by atoms with Gasteiger partial charge in [0.2, 0.25) is 5.91 Å². The van der Waals surface area contributed by atoms with Gasteiger partial charge in [-0.2, -0.15) is 0 Å². The number of carbonyl (C=O) groups is 2. The van der Waals surface area contributed by atoms with Crippen LogP contribution in [0.5, 0.6) is 0 Å². The summed E-state index contributed by atoms with van der Waals surface area (Å²) in [7, 11) is 0. The molecule has 2 heterocycles. The Morgan fingerprint density at radius 2 is 2.17 bits per heavy atom. The summed E-state index contributed by atoms with van der Waals surface area (Å²) in [5, 5.41) is 3.50. The van der Waals surface area contributed by atoms with Crippen LogP contribution in [0, 0.1) is 6.92 Å². The van der Waals surface area contributed by atoms with Gasteiger partial charge in [-0.3, -0.25) is 9.69 Å². The van der Waals surface area contributed by atoms with Crippen molar-refractivity contribution in [2.45, 2.75) is 40.2 Å². The minimum Gasteiger partial charge on any atom is -0.462 e. The molecule has 0 unspecified atom stereocenters. The van der Waals surface area contributed by atoms with Crippen LogP contribution in [0.2, 0.25) is 0 Å². The van der Waals surface area contributed by atoms with Gasteiger partial charge in [-0.25, -0.2) is 4.79 Å². The van der Waals surface area contributed by atoms with Crippen molar-refractivity contribution in [3.8, 4) is 0 Å². The van der Waals surface area contributed by atoms with Gasteiger partial charge in [0, 0.05) is 18.0 Å². The number of anilines is 1. The fourth-order valence-corrected chi connectivity index (χ4v) is 4.06. The topological polar surface area (TPSA) is 67.9 Å². The summed E-state index contributed by atoms with van der Waals surface area (Å²) in [4.78, 5) is 27.8. The van der Waals surface area contributed by atoms with Crippen molar-refractivity contribution in [3.05, 3.63) is 16.0 Å². The molecule has 1 atom stereocenters. The van der Waals surface area contributed by atoms with Crippen LogP contribution in [0.4, 0.5) is 5.00 Å². The van der Waals surface area contributed by atoms with Crippen LogP contribution in [0.3, 0.4) is 0 Å². The first-order chi connectivity index (χ1) is 11.5. The number of rotatable bonds is 6. The second-order valence-electron chi connectivity index (χ2n) is 5.88. The molecule has 24 heavy (non-hydrogen) atoms. The van der Waals surface area contributed by atoms with Gasteiger partial charge in [0.15, 0.2) is 0 Å². The molecule has 1 fully saturated rings. The van der Waals surface area contributed by atoms with E-state index in [-0.39, 0.29) is 18.0 Å². The Hall–Kier alpha value is -1.44. The largest absolute Gasteiger partial charge is 0.462 e. The van der Waals surface area contributed by atoms with Crippen LogP contribution in [0.15, 0.2) is 0 Å². The number of carbonyl (C=O) groups excluding carboxylic acids is 2. The first-order valence-electron chi connectivity index (χ1n) is 8.39. The summed E-state index contributed by atoms with van der Waals surface area (Å²) < 4.78 is 10.6. The maximum Gasteiger partial charge on any atom is 0.341 e. The molecule has 0 radical (unpaired) electrons. The maximum absolute atomic E-state index is 12.4. The molecule has 0 bridgehead atoms. The summed E-state index contributed by atoms with van der Waals surface area (Å²) in [5.41, 5.74) is 1.46. The second kappa shape index (κ2) is 8.60. The van der Waals surface area contributed by atoms with E-state index < -0.39 is 0 Å². The van der Waals surface area contributed by atoms with E-state index in [4.69, 9.17) is 9.47 Å². The Balaban J connectivity index is 2.10. The van der Waals surface area contributed by atoms with Gasteiger partial charge in [-0.15, -0.1) is 11.3 Å². The van der Waals surface area contributed by atoms with Crippen molar-refractivity contribution >= 4 is 28.2 Å². The predicted molar refractivity (Wildman–Crippen MR) is 94.9 cm³/mol. The molecule has 1 aromatic rings. The Morgan fingerprint density at radius 1 is 1.42 bits per heavy atom. The van der Waals surface area contributed by atoms with Crippen molar-refractivity contribution in [2.75, 3.05) is 38.2 Å². The van der Waals surface area contributed by atoms with Gasteiger partial charge in [-0.1, -0.05) is 6.92 Å². The molecule has 1 saturated heterocycles. The van der Waals surface area contributed by atoms with Crippen molar-refractivity contribution in [2.24, 2.45) is 0 Å². The molecule has 1 amide bonds. The molecule has 1 aliphatic heterocycles. The molecule has 134 valence electrons. The number of esters is 1. The van der Waals surface area contributed by atoms with Gasteiger partial charge in [0.05, 0.1) is 31.4 Å². The number of amides is 1. The lowest BCUT2D eigenvalue weighted by Gasteiger charge is -2.30. The summed E-state index contributed by atoms with van der Waals surface area (Å²) in [6.07, 6.45) is 0.866. The van der Waals surface area contributed by atoms with Crippen LogP contribution in [0.1, 0.15) is 41.6 Å². The number of hydrogen-bond acceptors (Lipinski definition) is 6. The Bertz CT molecular complexity index is 600. The van der Waals surface area contributed by atoms with Crippen LogP contribution >= 0.6 is 11.3 Å². The highest BCUT2D eigenvalue weighted by molar-refractivity contribution is 7.16. The van der Waals surface area contributed by atoms with Gasteiger partial charge >= 0.3 is 5.97 Å². The number of thiophene rings is 1. The molecule has 2 rings (SSSR count). The van der Waals surface area contributed by atoms with Crippen molar-refractivity contribution in [3.63, 3.8) is 0 Å². The number of hydrogen-bond donors (Lipinski definition) is 1. The lowest BCUT2D eigenvalue weighted by atomic mass is 10.1. The number of aryl methyl sites for hydroxylation is 1. The Kier molecular flexibility index (Phi) is 6.77. The average Bonchev–Trinajstić information content (AvgIpc) is 2.82. The van der Waals surface area contributed by atoms with E-state index in [0.29, 0.717) is 30.3 Å². The SMILES string of the molecule is CCOC(=O)c1c(NC(=O)CN2CCO[C@@H](C)C2)sc(C)c1CC. The van der Waals surface area contributed by atoms with E-state index in [1.54, 1.807) is 6.92 Å². The van der Waals surface area contributed by atoms with E-state index in [1.165, 1.54) is 11.3 Å². The van der Waals surface area contributed by atoms with Crippen LogP contribution < -0.4 is 5.32 Å². The zero-order valence-corrected chi connectivity index (χ0v) is 15.6. The number of nitrogens with one attached hydrogen (secondary N) is 1. The lowest BCUT2D eigenvalue weighted by molar-refractivity contribution is -0.119. The molecule has 0 aliphatic carbocycles. The zero-order chi connectivity index (χ0) is 17.7. The third-order valence-corrected chi connectivity index (χ3v) is 5.05. The highest BCUT2D eigenvalue weighted by Gasteiger charge is 2.25. The molecular formula is C17H26N2O4S. The molecule has 1 aliphatic rings. The van der Waals surface area contributed by atoms with Gasteiger partial charge in [-0.05, 0) is 32.8 Å². The molecule has 1 aromatic heterocycles. The first-order valence-corrected chi connectivity index (χ1v) is 9.21. The normalized spacial score (nSPS) is 18.4. The Labute approximate surface area is 147 Å². The zero-order valence-electron chi connectivity index (χ0n) is 14.8. The van der Waals surface area contributed by atoms with E-state index >= 15 is 0 Å². The molecule has 7 heteroatoms. The molecule has 0 spiro atoms. The minimum absolute atomic E-state index is 0.112. The monoisotopic (exact) mass is 354 g/mol. The average molecular weight is 354 g/mol. The fourth-order valence-electron chi connectivity index (χ4n) is 2.92. The summed E-state index contributed by atoms with van der Waals surface area (Å²) in [5.74, 6) is -0.479. The Morgan fingerprint density at radius 3 is 2.79 bits per heavy atom.